The molecule has 3 aromatic rings. The third-order valence-electron chi connectivity index (χ3n) is 4.94. The maximum absolute atomic E-state index is 13.9. The summed E-state index contributed by atoms with van der Waals surface area (Å²) < 4.78 is 73.3. The van der Waals surface area contributed by atoms with E-state index in [0.29, 0.717) is 33.6 Å². The fourth-order valence-electron chi connectivity index (χ4n) is 3.65. The van der Waals surface area contributed by atoms with Crippen LogP contribution in [0.4, 0.5) is 13.2 Å². The molecule has 0 aliphatic carbocycles. The van der Waals surface area contributed by atoms with Gasteiger partial charge in [0.2, 0.25) is 10.0 Å². The normalized spacial score (nSPS) is 15.2. The van der Waals surface area contributed by atoms with E-state index in [1.807, 2.05) is 0 Å². The molecule has 1 atom stereocenters. The van der Waals surface area contributed by atoms with Crippen LogP contribution in [-0.2, 0) is 16.4 Å². The summed E-state index contributed by atoms with van der Waals surface area (Å²) in [7, 11) is -3.67. The lowest BCUT2D eigenvalue weighted by Crippen LogP contribution is -2.19. The number of nitrogens with two attached hydrogens (primary N) is 1. The predicted octanol–water partition coefficient (Wildman–Crippen LogP) is 4.41. The third kappa shape index (κ3) is 4.67. The zero-order valence-corrected chi connectivity index (χ0v) is 16.9. The maximum atomic E-state index is 13.9. The zero-order valence-electron chi connectivity index (χ0n) is 16.1. The molecule has 0 radical (unpaired) electrons. The van der Waals surface area contributed by atoms with Crippen LogP contribution >= 0.6 is 0 Å². The smallest absolute Gasteiger partial charge is 0.387 e. The van der Waals surface area contributed by atoms with Crippen LogP contribution in [0.3, 0.4) is 0 Å². The molecule has 0 bridgehead atoms. The lowest BCUT2D eigenvalue weighted by atomic mass is 9.87. The summed E-state index contributed by atoms with van der Waals surface area (Å²) in [6.07, 6.45) is -0.571. The molecule has 1 heterocycles. The van der Waals surface area contributed by atoms with Crippen LogP contribution in [-0.4, -0.2) is 20.8 Å². The standard InChI is InChI=1S/C22H18F3NO4S/c23-15-4-1-3-14(12-15)21-17-11-13(9-10-31(26,27)28)7-8-16(17)20-18(29-21)5-2-6-19(20)30-22(24)25/h1-8,11-12,21-22H,9-10H2,(H2,26,27,28). The van der Waals surface area contributed by atoms with Crippen LogP contribution in [0.2, 0.25) is 0 Å². The molecule has 0 amide bonds. The summed E-state index contributed by atoms with van der Waals surface area (Å²) in [6.45, 7) is -3.02. The highest BCUT2D eigenvalue weighted by Crippen LogP contribution is 2.49. The Kier molecular flexibility index (Phi) is 5.63. The van der Waals surface area contributed by atoms with E-state index in [1.165, 1.54) is 24.3 Å². The summed E-state index contributed by atoms with van der Waals surface area (Å²) in [5.41, 5.74) is 2.69. The van der Waals surface area contributed by atoms with Gasteiger partial charge in [-0.25, -0.2) is 17.9 Å². The second-order valence-electron chi connectivity index (χ2n) is 7.10. The second kappa shape index (κ2) is 8.24. The van der Waals surface area contributed by atoms with Crippen molar-refractivity contribution in [2.45, 2.75) is 19.1 Å². The largest absolute Gasteiger partial charge is 0.480 e. The summed E-state index contributed by atoms with van der Waals surface area (Å²) >= 11 is 0. The van der Waals surface area contributed by atoms with Gasteiger partial charge < -0.3 is 9.47 Å². The Morgan fingerprint density at radius 1 is 1.06 bits per heavy atom. The van der Waals surface area contributed by atoms with Gasteiger partial charge in [0.15, 0.2) is 0 Å². The number of aryl methyl sites for hydroxylation is 1. The van der Waals surface area contributed by atoms with Crippen LogP contribution in [0.15, 0.2) is 60.7 Å². The van der Waals surface area contributed by atoms with E-state index in [1.54, 1.807) is 36.4 Å². The van der Waals surface area contributed by atoms with Gasteiger partial charge in [-0.2, -0.15) is 8.78 Å². The Bertz CT molecular complexity index is 1230. The van der Waals surface area contributed by atoms with Crippen molar-refractivity contribution >= 4 is 10.0 Å². The molecule has 31 heavy (non-hydrogen) atoms. The summed E-state index contributed by atoms with van der Waals surface area (Å²) in [5, 5.41) is 5.10. The molecule has 162 valence electrons. The van der Waals surface area contributed by atoms with Crippen LogP contribution in [0, 0.1) is 5.82 Å². The van der Waals surface area contributed by atoms with E-state index >= 15 is 0 Å². The van der Waals surface area contributed by atoms with Gasteiger partial charge in [-0.15, -0.1) is 0 Å². The molecule has 4 rings (SSSR count). The Balaban J connectivity index is 1.86. The average molecular weight is 449 g/mol. The van der Waals surface area contributed by atoms with E-state index in [4.69, 9.17) is 9.88 Å². The molecule has 3 aromatic carbocycles. The highest BCUT2D eigenvalue weighted by Gasteiger charge is 2.31. The van der Waals surface area contributed by atoms with E-state index in [9.17, 15) is 21.6 Å². The number of halogens is 3. The minimum absolute atomic E-state index is 0.0521. The van der Waals surface area contributed by atoms with Gasteiger partial charge in [-0.05, 0) is 47.4 Å². The summed E-state index contributed by atoms with van der Waals surface area (Å²) in [5.74, 6) is -0.442. The molecule has 1 aliphatic rings. The van der Waals surface area contributed by atoms with Crippen LogP contribution < -0.4 is 14.6 Å². The summed E-state index contributed by atoms with van der Waals surface area (Å²) in [6, 6.07) is 15.6. The predicted molar refractivity (Wildman–Crippen MR) is 109 cm³/mol. The molecule has 0 fully saturated rings. The molecular formula is C22H18F3NO4S. The maximum Gasteiger partial charge on any atom is 0.387 e. The fraction of sp³-hybridized carbons (Fsp3) is 0.182. The van der Waals surface area contributed by atoms with Crippen molar-refractivity contribution in [3.63, 3.8) is 0 Å². The number of sulfonamides is 1. The molecule has 5 nitrogen and oxygen atoms in total. The first-order valence-corrected chi connectivity index (χ1v) is 11.1. The number of hydrogen-bond acceptors (Lipinski definition) is 4. The third-order valence-corrected chi connectivity index (χ3v) is 5.72. The number of primary sulfonamides is 1. The quantitative estimate of drug-likeness (QED) is 0.605. The second-order valence-corrected chi connectivity index (χ2v) is 8.83. The molecule has 1 unspecified atom stereocenters. The van der Waals surface area contributed by atoms with Gasteiger partial charge in [-0.1, -0.05) is 36.4 Å². The number of rotatable bonds is 6. The molecule has 1 aliphatic heterocycles. The topological polar surface area (TPSA) is 78.6 Å². The van der Waals surface area contributed by atoms with Crippen LogP contribution in [0.1, 0.15) is 22.8 Å². The van der Waals surface area contributed by atoms with Crippen molar-refractivity contribution in [1.29, 1.82) is 0 Å². The van der Waals surface area contributed by atoms with Gasteiger partial charge in [0.05, 0.1) is 11.3 Å². The van der Waals surface area contributed by atoms with Gasteiger partial charge in [0.1, 0.15) is 23.4 Å². The van der Waals surface area contributed by atoms with Crippen molar-refractivity contribution in [2.75, 3.05) is 5.75 Å². The minimum Gasteiger partial charge on any atom is -0.480 e. The van der Waals surface area contributed by atoms with Crippen LogP contribution in [0.5, 0.6) is 11.5 Å². The van der Waals surface area contributed by atoms with Crippen molar-refractivity contribution in [1.82, 2.24) is 0 Å². The molecule has 2 N–H and O–H groups in total. The Labute approximate surface area is 177 Å². The highest BCUT2D eigenvalue weighted by molar-refractivity contribution is 7.89. The fourth-order valence-corrected chi connectivity index (χ4v) is 4.17. The molecule has 0 saturated heterocycles. The van der Waals surface area contributed by atoms with Crippen molar-refractivity contribution in [3.8, 4) is 22.6 Å². The highest BCUT2D eigenvalue weighted by atomic mass is 32.2. The minimum atomic E-state index is -3.67. The van der Waals surface area contributed by atoms with E-state index in [2.05, 4.69) is 4.74 Å². The van der Waals surface area contributed by atoms with Gasteiger partial charge in [-0.3, -0.25) is 0 Å². The van der Waals surface area contributed by atoms with E-state index < -0.39 is 28.6 Å². The number of hydrogen-bond donors (Lipinski definition) is 1. The number of alkyl halides is 2. The first-order valence-electron chi connectivity index (χ1n) is 9.35. The van der Waals surface area contributed by atoms with Gasteiger partial charge >= 0.3 is 6.61 Å². The zero-order chi connectivity index (χ0) is 22.2. The van der Waals surface area contributed by atoms with Crippen molar-refractivity contribution < 1.29 is 31.1 Å². The van der Waals surface area contributed by atoms with E-state index in [-0.39, 0.29) is 17.9 Å². The average Bonchev–Trinajstić information content (AvgIpc) is 2.70. The molecule has 0 saturated carbocycles. The Morgan fingerprint density at radius 3 is 2.55 bits per heavy atom. The number of fused-ring (bicyclic) bond motifs is 3. The van der Waals surface area contributed by atoms with Crippen molar-refractivity contribution in [2.24, 2.45) is 5.14 Å². The van der Waals surface area contributed by atoms with Gasteiger partial charge in [0, 0.05) is 5.56 Å². The lowest BCUT2D eigenvalue weighted by Gasteiger charge is -2.30. The summed E-state index contributed by atoms with van der Waals surface area (Å²) in [4.78, 5) is 0. The number of ether oxygens (including phenoxy) is 2. The van der Waals surface area contributed by atoms with Crippen molar-refractivity contribution in [3.05, 3.63) is 83.2 Å². The monoisotopic (exact) mass is 449 g/mol. The van der Waals surface area contributed by atoms with Crippen LogP contribution in [0.25, 0.3) is 11.1 Å². The first-order chi connectivity index (χ1) is 14.7. The Hall–Kier alpha value is -3.04. The van der Waals surface area contributed by atoms with E-state index in [0.717, 1.165) is 0 Å². The molecule has 9 heteroatoms. The SMILES string of the molecule is NS(=O)(=O)CCc1ccc2c(c1)C(c1cccc(F)c1)Oc1cccc(OC(F)F)c1-2. The van der Waals surface area contributed by atoms with Gasteiger partial charge in [0.25, 0.3) is 0 Å². The molecular weight excluding hydrogens is 431 g/mol. The number of benzene rings is 3. The molecule has 0 spiro atoms. The lowest BCUT2D eigenvalue weighted by molar-refractivity contribution is -0.0496. The first kappa shape index (κ1) is 21.2. The molecule has 0 aromatic heterocycles. The Morgan fingerprint density at radius 2 is 1.84 bits per heavy atom.